The number of imidazole rings is 1. The quantitative estimate of drug-likeness (QED) is 0.737. The highest BCUT2D eigenvalue weighted by Crippen LogP contribution is 2.25. The molecule has 126 valence electrons. The molecular weight excluding hydrogens is 308 g/mol. The lowest BCUT2D eigenvalue weighted by Gasteiger charge is -2.33. The maximum absolute atomic E-state index is 5.88. The third kappa shape index (κ3) is 2.98. The van der Waals surface area contributed by atoms with Gasteiger partial charge in [-0.1, -0.05) is 0 Å². The molecule has 1 fully saturated rings. The van der Waals surface area contributed by atoms with Crippen LogP contribution in [-0.4, -0.2) is 57.7 Å². The van der Waals surface area contributed by atoms with Crippen molar-refractivity contribution in [1.29, 1.82) is 0 Å². The van der Waals surface area contributed by atoms with Crippen molar-refractivity contribution in [3.63, 3.8) is 0 Å². The summed E-state index contributed by atoms with van der Waals surface area (Å²) >= 11 is 0. The summed E-state index contributed by atoms with van der Waals surface area (Å²) in [5, 5.41) is 3.41. The Labute approximate surface area is 139 Å². The van der Waals surface area contributed by atoms with Gasteiger partial charge in [-0.2, -0.15) is 0 Å². The molecule has 3 aromatic heterocycles. The topological polar surface area (TPSA) is 92.1 Å². The van der Waals surface area contributed by atoms with Crippen LogP contribution in [-0.2, 0) is 4.74 Å². The monoisotopic (exact) mass is 328 g/mol. The standard InChI is InChI=1S/C16H20N6O2/c1-11-2-3-13(24-11)12(22-4-6-23-7-5-22)8-17-15-14-16(19-9-18-14)21-10-20-15/h2-3,9-10,12H,4-8H2,1H3,(H2,17,18,19,20,21)/t12-/m1/s1. The van der Waals surface area contributed by atoms with Gasteiger partial charge in [-0.25, -0.2) is 15.0 Å². The molecule has 1 saturated heterocycles. The van der Waals surface area contributed by atoms with Crippen LogP contribution in [0.15, 0.2) is 29.2 Å². The Morgan fingerprint density at radius 1 is 1.25 bits per heavy atom. The molecule has 24 heavy (non-hydrogen) atoms. The molecule has 1 aliphatic rings. The van der Waals surface area contributed by atoms with Crippen molar-refractivity contribution in [2.75, 3.05) is 38.2 Å². The van der Waals surface area contributed by atoms with Gasteiger partial charge >= 0.3 is 0 Å². The second-order valence-corrected chi connectivity index (χ2v) is 5.82. The van der Waals surface area contributed by atoms with Crippen molar-refractivity contribution in [3.05, 3.63) is 36.3 Å². The lowest BCUT2D eigenvalue weighted by Crippen LogP contribution is -2.41. The van der Waals surface area contributed by atoms with Crippen LogP contribution in [0.3, 0.4) is 0 Å². The Kier molecular flexibility index (Phi) is 4.14. The number of rotatable bonds is 5. The molecule has 0 aliphatic carbocycles. The van der Waals surface area contributed by atoms with Crippen LogP contribution in [0.2, 0.25) is 0 Å². The Morgan fingerprint density at radius 3 is 2.92 bits per heavy atom. The van der Waals surface area contributed by atoms with E-state index >= 15 is 0 Å². The van der Waals surface area contributed by atoms with Gasteiger partial charge in [0, 0.05) is 19.6 Å². The summed E-state index contributed by atoms with van der Waals surface area (Å²) in [5.74, 6) is 2.62. The van der Waals surface area contributed by atoms with Crippen molar-refractivity contribution in [3.8, 4) is 0 Å². The molecule has 0 bridgehead atoms. The van der Waals surface area contributed by atoms with E-state index in [1.54, 1.807) is 6.33 Å². The van der Waals surface area contributed by atoms with E-state index in [1.807, 2.05) is 19.1 Å². The molecule has 0 radical (unpaired) electrons. The first-order valence-corrected chi connectivity index (χ1v) is 8.07. The van der Waals surface area contributed by atoms with E-state index in [2.05, 4.69) is 30.2 Å². The number of aromatic nitrogens is 4. The second kappa shape index (κ2) is 6.58. The van der Waals surface area contributed by atoms with Gasteiger partial charge in [0.1, 0.15) is 23.4 Å². The van der Waals surface area contributed by atoms with Crippen LogP contribution in [0.5, 0.6) is 0 Å². The van der Waals surface area contributed by atoms with Crippen LogP contribution < -0.4 is 5.32 Å². The van der Waals surface area contributed by atoms with Crippen LogP contribution in [0.25, 0.3) is 11.2 Å². The van der Waals surface area contributed by atoms with Crippen LogP contribution >= 0.6 is 0 Å². The minimum Gasteiger partial charge on any atom is -0.465 e. The first-order chi connectivity index (χ1) is 11.8. The van der Waals surface area contributed by atoms with Crippen LogP contribution in [0.1, 0.15) is 17.6 Å². The summed E-state index contributed by atoms with van der Waals surface area (Å²) in [6.45, 7) is 5.90. The fourth-order valence-corrected chi connectivity index (χ4v) is 3.02. The van der Waals surface area contributed by atoms with Crippen LogP contribution in [0.4, 0.5) is 5.82 Å². The average molecular weight is 328 g/mol. The molecule has 8 nitrogen and oxygen atoms in total. The molecule has 2 N–H and O–H groups in total. The van der Waals surface area contributed by atoms with Crippen molar-refractivity contribution in [1.82, 2.24) is 24.8 Å². The summed E-state index contributed by atoms with van der Waals surface area (Å²) in [4.78, 5) is 18.1. The molecule has 4 rings (SSSR count). The predicted molar refractivity (Wildman–Crippen MR) is 88.8 cm³/mol. The summed E-state index contributed by atoms with van der Waals surface area (Å²) in [6, 6.07) is 4.17. The number of hydrogen-bond acceptors (Lipinski definition) is 7. The molecule has 3 aromatic rings. The molecule has 0 amide bonds. The normalized spacial score (nSPS) is 17.2. The summed E-state index contributed by atoms with van der Waals surface area (Å²) in [7, 11) is 0. The van der Waals surface area contributed by atoms with Crippen molar-refractivity contribution in [2.24, 2.45) is 0 Å². The number of H-pyrrole nitrogens is 1. The Hall–Kier alpha value is -2.45. The van der Waals surface area contributed by atoms with E-state index in [-0.39, 0.29) is 6.04 Å². The summed E-state index contributed by atoms with van der Waals surface area (Å²) in [6.07, 6.45) is 3.15. The predicted octanol–water partition coefficient (Wildman–Crippen LogP) is 1.74. The summed E-state index contributed by atoms with van der Waals surface area (Å²) in [5.41, 5.74) is 1.47. The fourth-order valence-electron chi connectivity index (χ4n) is 3.02. The van der Waals surface area contributed by atoms with Gasteiger partial charge in [0.2, 0.25) is 0 Å². The molecule has 8 heteroatoms. The first-order valence-electron chi connectivity index (χ1n) is 8.07. The highest BCUT2D eigenvalue weighted by atomic mass is 16.5. The number of furan rings is 1. The van der Waals surface area contributed by atoms with Gasteiger partial charge in [0.05, 0.1) is 25.6 Å². The molecule has 0 aromatic carbocycles. The molecule has 1 atom stereocenters. The van der Waals surface area contributed by atoms with Crippen molar-refractivity contribution in [2.45, 2.75) is 13.0 Å². The number of aryl methyl sites for hydroxylation is 1. The number of nitrogens with one attached hydrogen (secondary N) is 2. The molecular formula is C16H20N6O2. The van der Waals surface area contributed by atoms with Crippen LogP contribution in [0, 0.1) is 6.92 Å². The molecule has 0 spiro atoms. The highest BCUT2D eigenvalue weighted by molar-refractivity contribution is 5.81. The lowest BCUT2D eigenvalue weighted by molar-refractivity contribution is 0.0143. The lowest BCUT2D eigenvalue weighted by atomic mass is 10.1. The van der Waals surface area contributed by atoms with E-state index in [0.717, 1.165) is 49.2 Å². The van der Waals surface area contributed by atoms with E-state index < -0.39 is 0 Å². The maximum atomic E-state index is 5.88. The van der Waals surface area contributed by atoms with Gasteiger partial charge in [0.15, 0.2) is 11.5 Å². The zero-order valence-electron chi connectivity index (χ0n) is 13.5. The number of morpholine rings is 1. The zero-order valence-corrected chi connectivity index (χ0v) is 13.5. The van der Waals surface area contributed by atoms with Crippen molar-refractivity contribution >= 4 is 17.0 Å². The SMILES string of the molecule is Cc1ccc([C@@H](CNc2ncnc3nc[nH]c23)N2CCOCC2)o1. The number of ether oxygens (including phenoxy) is 1. The summed E-state index contributed by atoms with van der Waals surface area (Å²) < 4.78 is 11.4. The molecule has 0 saturated carbocycles. The first kappa shape index (κ1) is 15.1. The number of aromatic amines is 1. The van der Waals surface area contributed by atoms with Gasteiger partial charge < -0.3 is 19.5 Å². The number of fused-ring (bicyclic) bond motifs is 1. The average Bonchev–Trinajstić information content (AvgIpc) is 3.25. The van der Waals surface area contributed by atoms with Gasteiger partial charge in [-0.05, 0) is 19.1 Å². The highest BCUT2D eigenvalue weighted by Gasteiger charge is 2.25. The zero-order chi connectivity index (χ0) is 16.4. The number of hydrogen-bond donors (Lipinski definition) is 2. The number of nitrogens with zero attached hydrogens (tertiary/aromatic N) is 4. The second-order valence-electron chi connectivity index (χ2n) is 5.82. The van der Waals surface area contributed by atoms with E-state index in [4.69, 9.17) is 9.15 Å². The van der Waals surface area contributed by atoms with E-state index in [9.17, 15) is 0 Å². The maximum Gasteiger partial charge on any atom is 0.182 e. The Bertz CT molecular complexity index is 808. The minimum absolute atomic E-state index is 0.121. The van der Waals surface area contributed by atoms with Gasteiger partial charge in [0.25, 0.3) is 0 Å². The smallest absolute Gasteiger partial charge is 0.182 e. The minimum atomic E-state index is 0.121. The van der Waals surface area contributed by atoms with E-state index in [0.29, 0.717) is 12.2 Å². The molecule has 4 heterocycles. The van der Waals surface area contributed by atoms with Crippen molar-refractivity contribution < 1.29 is 9.15 Å². The largest absolute Gasteiger partial charge is 0.465 e. The number of anilines is 1. The van der Waals surface area contributed by atoms with Gasteiger partial charge in [-0.3, -0.25) is 4.90 Å². The van der Waals surface area contributed by atoms with Gasteiger partial charge in [-0.15, -0.1) is 0 Å². The third-order valence-electron chi connectivity index (χ3n) is 4.26. The Morgan fingerprint density at radius 2 is 2.12 bits per heavy atom. The Balaban J connectivity index is 1.56. The fraction of sp³-hybridized carbons (Fsp3) is 0.438. The molecule has 0 unspecified atom stereocenters. The third-order valence-corrected chi connectivity index (χ3v) is 4.26. The van der Waals surface area contributed by atoms with E-state index in [1.165, 1.54) is 6.33 Å². The molecule has 1 aliphatic heterocycles.